The first-order valence-corrected chi connectivity index (χ1v) is 9.66. The molecule has 0 aromatic heterocycles. The highest BCUT2D eigenvalue weighted by Crippen LogP contribution is 2.29. The lowest BCUT2D eigenvalue weighted by atomic mass is 10.0. The minimum atomic E-state index is -3.63. The molecule has 0 bridgehead atoms. The molecule has 0 amide bonds. The van der Waals surface area contributed by atoms with E-state index in [1.54, 1.807) is 12.1 Å². The number of aliphatic hydroxyl groups is 1. The van der Waals surface area contributed by atoms with Crippen LogP contribution in [0.15, 0.2) is 53.4 Å². The molecular formula is C19H23NO3S. The third kappa shape index (κ3) is 3.53. The summed E-state index contributed by atoms with van der Waals surface area (Å²) in [7, 11) is -3.63. The van der Waals surface area contributed by atoms with Crippen molar-refractivity contribution < 1.29 is 13.5 Å². The quantitative estimate of drug-likeness (QED) is 0.875. The maximum Gasteiger partial charge on any atom is 0.240 e. The lowest BCUT2D eigenvalue weighted by Gasteiger charge is -2.22. The summed E-state index contributed by atoms with van der Waals surface area (Å²) in [6.45, 7) is 4.14. The molecule has 1 aliphatic rings. The molecule has 4 nitrogen and oxygen atoms in total. The Hall–Kier alpha value is -1.69. The van der Waals surface area contributed by atoms with Gasteiger partial charge in [0.2, 0.25) is 10.0 Å². The van der Waals surface area contributed by atoms with E-state index in [0.29, 0.717) is 18.8 Å². The van der Waals surface area contributed by atoms with Crippen LogP contribution < -0.4 is 4.72 Å². The standard InChI is InChI=1S/C19H23NO3S/c1-14(2)15-7-9-18(10-8-15)24(22,23)20-13-19(21)11-16-5-3-4-6-17(16)12-19/h3-10,14,20-21H,11-13H2,1-2H3. The minimum Gasteiger partial charge on any atom is -0.388 e. The van der Waals surface area contributed by atoms with Gasteiger partial charge in [0.25, 0.3) is 0 Å². The Morgan fingerprint density at radius 1 is 1.04 bits per heavy atom. The van der Waals surface area contributed by atoms with Crippen LogP contribution in [0.2, 0.25) is 0 Å². The van der Waals surface area contributed by atoms with E-state index < -0.39 is 15.6 Å². The van der Waals surface area contributed by atoms with E-state index in [1.165, 1.54) is 0 Å². The summed E-state index contributed by atoms with van der Waals surface area (Å²) in [5.41, 5.74) is 2.20. The van der Waals surface area contributed by atoms with Gasteiger partial charge in [0.1, 0.15) is 0 Å². The summed E-state index contributed by atoms with van der Waals surface area (Å²) in [5, 5.41) is 10.7. The molecule has 128 valence electrons. The van der Waals surface area contributed by atoms with Crippen LogP contribution in [0, 0.1) is 0 Å². The number of hydrogen-bond acceptors (Lipinski definition) is 3. The number of nitrogens with one attached hydrogen (secondary N) is 1. The molecule has 0 radical (unpaired) electrons. The topological polar surface area (TPSA) is 66.4 Å². The predicted molar refractivity (Wildman–Crippen MR) is 94.5 cm³/mol. The molecule has 0 fully saturated rings. The van der Waals surface area contributed by atoms with Crippen molar-refractivity contribution in [2.75, 3.05) is 6.54 Å². The van der Waals surface area contributed by atoms with Crippen molar-refractivity contribution in [3.63, 3.8) is 0 Å². The zero-order valence-electron chi connectivity index (χ0n) is 14.0. The molecule has 0 saturated heterocycles. The van der Waals surface area contributed by atoms with Crippen LogP contribution in [0.1, 0.15) is 36.5 Å². The van der Waals surface area contributed by atoms with Gasteiger partial charge in [0, 0.05) is 19.4 Å². The van der Waals surface area contributed by atoms with Gasteiger partial charge in [-0.25, -0.2) is 13.1 Å². The fourth-order valence-electron chi connectivity index (χ4n) is 3.14. The van der Waals surface area contributed by atoms with Gasteiger partial charge in [-0.2, -0.15) is 0 Å². The molecule has 0 spiro atoms. The third-order valence-corrected chi connectivity index (χ3v) is 6.02. The van der Waals surface area contributed by atoms with Crippen molar-refractivity contribution in [1.29, 1.82) is 0 Å². The van der Waals surface area contributed by atoms with Crippen LogP contribution in [0.25, 0.3) is 0 Å². The highest BCUT2D eigenvalue weighted by molar-refractivity contribution is 7.89. The smallest absolute Gasteiger partial charge is 0.240 e. The van der Waals surface area contributed by atoms with E-state index in [-0.39, 0.29) is 11.4 Å². The van der Waals surface area contributed by atoms with Gasteiger partial charge >= 0.3 is 0 Å². The van der Waals surface area contributed by atoms with Crippen LogP contribution in [0.5, 0.6) is 0 Å². The predicted octanol–water partition coefficient (Wildman–Crippen LogP) is 2.62. The van der Waals surface area contributed by atoms with Crippen molar-refractivity contribution in [1.82, 2.24) is 4.72 Å². The number of sulfonamides is 1. The summed E-state index contributed by atoms with van der Waals surface area (Å²) in [4.78, 5) is 0.228. The molecule has 0 aliphatic heterocycles. The summed E-state index contributed by atoms with van der Waals surface area (Å²) < 4.78 is 27.5. The molecule has 3 rings (SSSR count). The Labute approximate surface area is 143 Å². The highest BCUT2D eigenvalue weighted by atomic mass is 32.2. The largest absolute Gasteiger partial charge is 0.388 e. The first-order chi connectivity index (χ1) is 11.3. The monoisotopic (exact) mass is 345 g/mol. The Kier molecular flexibility index (Phi) is 4.51. The van der Waals surface area contributed by atoms with E-state index in [2.05, 4.69) is 18.6 Å². The van der Waals surface area contributed by atoms with Gasteiger partial charge in [-0.15, -0.1) is 0 Å². The van der Waals surface area contributed by atoms with E-state index >= 15 is 0 Å². The Morgan fingerprint density at radius 2 is 1.58 bits per heavy atom. The number of benzene rings is 2. The maximum absolute atomic E-state index is 12.5. The Balaban J connectivity index is 1.70. The molecule has 1 aliphatic carbocycles. The fraction of sp³-hybridized carbons (Fsp3) is 0.368. The van der Waals surface area contributed by atoms with Crippen molar-refractivity contribution >= 4 is 10.0 Å². The van der Waals surface area contributed by atoms with Crippen molar-refractivity contribution in [3.8, 4) is 0 Å². The second kappa shape index (κ2) is 6.31. The van der Waals surface area contributed by atoms with Gasteiger partial charge in [-0.1, -0.05) is 50.2 Å². The lowest BCUT2D eigenvalue weighted by Crippen LogP contribution is -2.43. The fourth-order valence-corrected chi connectivity index (χ4v) is 4.26. The minimum absolute atomic E-state index is 0.00987. The van der Waals surface area contributed by atoms with Crippen molar-refractivity contribution in [3.05, 3.63) is 65.2 Å². The average Bonchev–Trinajstić information content (AvgIpc) is 2.90. The Morgan fingerprint density at radius 3 is 2.08 bits per heavy atom. The number of hydrogen-bond donors (Lipinski definition) is 2. The summed E-state index contributed by atoms with van der Waals surface area (Å²) in [5.74, 6) is 0.354. The molecule has 2 aromatic rings. The van der Waals surface area contributed by atoms with Gasteiger partial charge in [-0.05, 0) is 34.7 Å². The molecule has 0 unspecified atom stereocenters. The van der Waals surface area contributed by atoms with Crippen LogP contribution in [-0.4, -0.2) is 25.7 Å². The van der Waals surface area contributed by atoms with Gasteiger partial charge in [0.05, 0.1) is 10.5 Å². The summed E-state index contributed by atoms with van der Waals surface area (Å²) in [6, 6.07) is 14.7. The van der Waals surface area contributed by atoms with Crippen LogP contribution >= 0.6 is 0 Å². The first kappa shape index (κ1) is 17.1. The van der Waals surface area contributed by atoms with Gasteiger partial charge in [-0.3, -0.25) is 0 Å². The second-order valence-electron chi connectivity index (χ2n) is 6.89. The van der Waals surface area contributed by atoms with E-state index in [4.69, 9.17) is 0 Å². The molecule has 2 N–H and O–H groups in total. The van der Waals surface area contributed by atoms with E-state index in [9.17, 15) is 13.5 Å². The zero-order valence-corrected chi connectivity index (χ0v) is 14.8. The molecule has 5 heteroatoms. The molecule has 0 heterocycles. The molecule has 0 atom stereocenters. The third-order valence-electron chi connectivity index (χ3n) is 4.61. The van der Waals surface area contributed by atoms with Crippen molar-refractivity contribution in [2.45, 2.75) is 43.1 Å². The highest BCUT2D eigenvalue weighted by Gasteiger charge is 2.36. The normalized spacial score (nSPS) is 16.3. The van der Waals surface area contributed by atoms with Crippen LogP contribution in [-0.2, 0) is 22.9 Å². The van der Waals surface area contributed by atoms with Crippen molar-refractivity contribution in [2.24, 2.45) is 0 Å². The van der Waals surface area contributed by atoms with Gasteiger partial charge in [0.15, 0.2) is 0 Å². The summed E-state index contributed by atoms with van der Waals surface area (Å²) in [6.07, 6.45) is 0.940. The van der Waals surface area contributed by atoms with Gasteiger partial charge < -0.3 is 5.11 Å². The number of fused-ring (bicyclic) bond motifs is 1. The first-order valence-electron chi connectivity index (χ1n) is 8.18. The number of rotatable bonds is 5. The molecule has 24 heavy (non-hydrogen) atoms. The van der Waals surface area contributed by atoms with Crippen LogP contribution in [0.4, 0.5) is 0 Å². The van der Waals surface area contributed by atoms with Crippen LogP contribution in [0.3, 0.4) is 0 Å². The second-order valence-corrected chi connectivity index (χ2v) is 8.66. The van der Waals surface area contributed by atoms with E-state index in [1.807, 2.05) is 36.4 Å². The Bertz CT molecular complexity index is 801. The SMILES string of the molecule is CC(C)c1ccc(S(=O)(=O)NCC2(O)Cc3ccccc3C2)cc1. The molecule has 0 saturated carbocycles. The average molecular weight is 345 g/mol. The lowest BCUT2D eigenvalue weighted by molar-refractivity contribution is 0.0567. The maximum atomic E-state index is 12.5. The zero-order chi connectivity index (χ0) is 17.4. The van der Waals surface area contributed by atoms with E-state index in [0.717, 1.165) is 16.7 Å². The molecular weight excluding hydrogens is 322 g/mol. The molecule has 2 aromatic carbocycles. The summed E-state index contributed by atoms with van der Waals surface area (Å²) >= 11 is 0.